The minimum absolute atomic E-state index is 0.000226. The van der Waals surface area contributed by atoms with Crippen molar-refractivity contribution >= 4 is 16.9 Å². The van der Waals surface area contributed by atoms with Crippen molar-refractivity contribution in [3.05, 3.63) is 99.2 Å². The van der Waals surface area contributed by atoms with Gasteiger partial charge in [-0.3, -0.25) is 9.59 Å². The monoisotopic (exact) mass is 594 g/mol. The number of rotatable bonds is 6. The van der Waals surface area contributed by atoms with E-state index in [0.29, 0.717) is 36.5 Å². The van der Waals surface area contributed by atoms with Crippen LogP contribution in [0.5, 0.6) is 40.2 Å². The molecule has 2 aliphatic rings. The van der Waals surface area contributed by atoms with Crippen LogP contribution in [-0.4, -0.2) is 39.6 Å². The molecule has 5 aromatic rings. The first kappa shape index (κ1) is 27.2. The Kier molecular flexibility index (Phi) is 6.54. The number of esters is 1. The predicted molar refractivity (Wildman–Crippen MR) is 158 cm³/mol. The summed E-state index contributed by atoms with van der Waals surface area (Å²) in [6.45, 7) is 1.04. The molecular weight excluding hydrogens is 568 g/mol. The van der Waals surface area contributed by atoms with Gasteiger partial charge in [-0.25, -0.2) is 0 Å². The topological polar surface area (TPSA) is 156 Å². The lowest BCUT2D eigenvalue weighted by Gasteiger charge is -2.27. The number of hydrogen-bond acceptors (Lipinski definition) is 10. The number of benzene rings is 4. The number of fused-ring (bicyclic) bond motifs is 4. The highest BCUT2D eigenvalue weighted by atomic mass is 16.5. The number of carbonyl (C=O) groups excluding carboxylic acids is 1. The van der Waals surface area contributed by atoms with Crippen LogP contribution in [0.3, 0.4) is 0 Å². The second-order valence-corrected chi connectivity index (χ2v) is 10.7. The van der Waals surface area contributed by atoms with Gasteiger partial charge in [-0.15, -0.1) is 0 Å². The first-order valence-electron chi connectivity index (χ1n) is 14.0. The van der Waals surface area contributed by atoms with Gasteiger partial charge in [0.15, 0.2) is 17.3 Å². The van der Waals surface area contributed by atoms with Gasteiger partial charge < -0.3 is 39.1 Å². The maximum absolute atomic E-state index is 13.4. The summed E-state index contributed by atoms with van der Waals surface area (Å²) < 4.78 is 23.4. The Morgan fingerprint density at radius 2 is 1.70 bits per heavy atom. The Bertz CT molecular complexity index is 2030. The molecule has 7 rings (SSSR count). The van der Waals surface area contributed by atoms with E-state index in [1.165, 1.54) is 17.7 Å². The van der Waals surface area contributed by atoms with Crippen LogP contribution < -0.4 is 19.6 Å². The number of hydrogen-bond donors (Lipinski definition) is 4. The van der Waals surface area contributed by atoms with Crippen molar-refractivity contribution in [1.82, 2.24) is 0 Å². The molecule has 0 amide bonds. The third-order valence-corrected chi connectivity index (χ3v) is 8.00. The molecule has 10 heteroatoms. The minimum Gasteiger partial charge on any atom is -0.507 e. The third kappa shape index (κ3) is 4.60. The second-order valence-electron chi connectivity index (χ2n) is 10.7. The number of para-hydroxylation sites is 1. The Hall–Kier alpha value is -5.64. The lowest BCUT2D eigenvalue weighted by atomic mass is 9.84. The first-order chi connectivity index (χ1) is 21.3. The molecular formula is C34H26O10. The molecule has 1 atom stereocenters. The smallest absolute Gasteiger partial charge is 0.312 e. The van der Waals surface area contributed by atoms with E-state index in [0.717, 1.165) is 29.9 Å². The van der Waals surface area contributed by atoms with Crippen molar-refractivity contribution in [1.29, 1.82) is 0 Å². The van der Waals surface area contributed by atoms with Crippen LogP contribution in [0.2, 0.25) is 0 Å². The summed E-state index contributed by atoms with van der Waals surface area (Å²) in [5, 5.41) is 41.1. The van der Waals surface area contributed by atoms with Crippen molar-refractivity contribution in [2.24, 2.45) is 0 Å². The van der Waals surface area contributed by atoms with Crippen molar-refractivity contribution in [3.63, 3.8) is 0 Å². The van der Waals surface area contributed by atoms with E-state index in [2.05, 4.69) is 6.07 Å². The summed E-state index contributed by atoms with van der Waals surface area (Å²) >= 11 is 0. The molecule has 0 saturated heterocycles. The molecule has 4 N–H and O–H groups in total. The zero-order valence-corrected chi connectivity index (χ0v) is 23.2. The normalized spacial score (nSPS) is 15.4. The maximum Gasteiger partial charge on any atom is 0.312 e. The fourth-order valence-electron chi connectivity index (χ4n) is 5.88. The summed E-state index contributed by atoms with van der Waals surface area (Å²) in [6.07, 6.45) is 1.40. The van der Waals surface area contributed by atoms with Crippen molar-refractivity contribution < 1.29 is 43.8 Å². The quantitative estimate of drug-likeness (QED) is 0.116. The van der Waals surface area contributed by atoms with Gasteiger partial charge in [0.25, 0.3) is 0 Å². The van der Waals surface area contributed by atoms with E-state index >= 15 is 0 Å². The van der Waals surface area contributed by atoms with Crippen LogP contribution in [0.15, 0.2) is 75.9 Å². The fraction of sp³-hybridized carbons (Fsp3) is 0.176. The molecule has 0 aliphatic carbocycles. The van der Waals surface area contributed by atoms with Gasteiger partial charge in [0.1, 0.15) is 34.0 Å². The fourth-order valence-corrected chi connectivity index (χ4v) is 5.88. The Labute approximate surface area is 249 Å². The van der Waals surface area contributed by atoms with Crippen molar-refractivity contribution in [2.75, 3.05) is 13.2 Å². The molecule has 0 radical (unpaired) electrons. The molecule has 0 spiro atoms. The molecule has 10 nitrogen and oxygen atoms in total. The number of aromatic hydroxyl groups is 4. The van der Waals surface area contributed by atoms with E-state index in [1.807, 2.05) is 24.3 Å². The highest BCUT2D eigenvalue weighted by molar-refractivity contribution is 5.94. The van der Waals surface area contributed by atoms with E-state index < -0.39 is 40.3 Å². The zero-order valence-electron chi connectivity index (χ0n) is 23.2. The summed E-state index contributed by atoms with van der Waals surface area (Å²) in [6, 6.07) is 18.1. The van der Waals surface area contributed by atoms with E-state index in [4.69, 9.17) is 18.6 Å². The van der Waals surface area contributed by atoms with Gasteiger partial charge in [0.05, 0.1) is 19.6 Å². The van der Waals surface area contributed by atoms with Crippen LogP contribution in [0.25, 0.3) is 22.3 Å². The van der Waals surface area contributed by atoms with Crippen molar-refractivity contribution in [3.8, 4) is 51.6 Å². The van der Waals surface area contributed by atoms with Crippen LogP contribution in [0.1, 0.15) is 34.6 Å². The summed E-state index contributed by atoms with van der Waals surface area (Å²) in [5.74, 6) is -2.36. The van der Waals surface area contributed by atoms with Crippen molar-refractivity contribution in [2.45, 2.75) is 25.2 Å². The summed E-state index contributed by atoms with van der Waals surface area (Å²) in [5.41, 5.74) is 2.30. The lowest BCUT2D eigenvalue weighted by Crippen LogP contribution is -2.22. The predicted octanol–water partition coefficient (Wildman–Crippen LogP) is 5.28. The highest BCUT2D eigenvalue weighted by Crippen LogP contribution is 2.49. The van der Waals surface area contributed by atoms with E-state index in [1.54, 1.807) is 12.1 Å². The largest absolute Gasteiger partial charge is 0.507 e. The molecule has 2 aliphatic heterocycles. The van der Waals surface area contributed by atoms with E-state index in [9.17, 15) is 30.0 Å². The molecule has 222 valence electrons. The molecule has 0 fully saturated rings. The SMILES string of the molecule is O=C1C[C@@H](c2ccccc2OCCc2ccc3c(c2)CCO3)c2c(cc(O)c3c(=O)c(O)c(-c4ccc(O)c(O)c4)oc23)O1. The standard InChI is InChI=1S/C34H26O10/c35-22-7-6-19(14-23(22)36)33-32(40)31(39)30-24(37)16-27-29(34(30)44-33)21(15-28(38)43-27)20-3-1-2-4-26(20)42-11-9-17-5-8-25-18(13-17)10-12-41-25/h1-8,13-14,16,21,35-37,40H,9-12,15H2/t21-/m0/s1. The third-order valence-electron chi connectivity index (χ3n) is 8.00. The van der Waals surface area contributed by atoms with Crippen LogP contribution >= 0.6 is 0 Å². The van der Waals surface area contributed by atoms with Gasteiger partial charge in [-0.05, 0) is 41.5 Å². The van der Waals surface area contributed by atoms with Crippen LogP contribution in [0.4, 0.5) is 0 Å². The van der Waals surface area contributed by atoms with Gasteiger partial charge in [-0.1, -0.05) is 30.3 Å². The number of phenols is 3. The molecule has 4 aromatic carbocycles. The Morgan fingerprint density at radius 3 is 2.55 bits per heavy atom. The second kappa shape index (κ2) is 10.6. The molecule has 1 aromatic heterocycles. The van der Waals surface area contributed by atoms with Gasteiger partial charge in [0, 0.05) is 41.5 Å². The molecule has 0 bridgehead atoms. The maximum atomic E-state index is 13.4. The minimum atomic E-state index is -0.922. The molecule has 3 heterocycles. The average Bonchev–Trinajstić information content (AvgIpc) is 3.48. The zero-order chi connectivity index (χ0) is 30.5. The van der Waals surface area contributed by atoms with Gasteiger partial charge in [0.2, 0.25) is 11.2 Å². The summed E-state index contributed by atoms with van der Waals surface area (Å²) in [7, 11) is 0. The lowest BCUT2D eigenvalue weighted by molar-refractivity contribution is -0.135. The average molecular weight is 595 g/mol. The van der Waals surface area contributed by atoms with E-state index in [-0.39, 0.29) is 34.5 Å². The summed E-state index contributed by atoms with van der Waals surface area (Å²) in [4.78, 5) is 26.2. The van der Waals surface area contributed by atoms with Crippen LogP contribution in [0, 0.1) is 0 Å². The molecule has 44 heavy (non-hydrogen) atoms. The van der Waals surface area contributed by atoms with Crippen LogP contribution in [-0.2, 0) is 17.6 Å². The van der Waals surface area contributed by atoms with Gasteiger partial charge >= 0.3 is 5.97 Å². The number of phenolic OH excluding ortho intramolecular Hbond substituents is 3. The van der Waals surface area contributed by atoms with Gasteiger partial charge in [-0.2, -0.15) is 0 Å². The Morgan fingerprint density at radius 1 is 0.864 bits per heavy atom. The number of ether oxygens (including phenoxy) is 3. The first-order valence-corrected chi connectivity index (χ1v) is 14.0. The highest BCUT2D eigenvalue weighted by Gasteiger charge is 2.36. The molecule has 0 saturated carbocycles. The molecule has 0 unspecified atom stereocenters. The number of carbonyl (C=O) groups is 1. The Balaban J connectivity index is 1.31.